The minimum atomic E-state index is -4.05. The van der Waals surface area contributed by atoms with E-state index in [1.165, 1.54) is 12.3 Å². The van der Waals surface area contributed by atoms with Gasteiger partial charge in [0.25, 0.3) is 0 Å². The summed E-state index contributed by atoms with van der Waals surface area (Å²) < 4.78 is 43.2. The Morgan fingerprint density at radius 1 is 1.06 bits per heavy atom. The molecule has 1 aromatic heterocycles. The summed E-state index contributed by atoms with van der Waals surface area (Å²) in [5.41, 5.74) is 1.88. The number of benzene rings is 2. The Labute approximate surface area is 182 Å². The Morgan fingerprint density at radius 3 is 2.39 bits per heavy atom. The smallest absolute Gasteiger partial charge is 0.211 e. The highest BCUT2D eigenvalue weighted by molar-refractivity contribution is 7.91. The van der Waals surface area contributed by atoms with E-state index in [0.29, 0.717) is 17.1 Å². The molecule has 2 heterocycles. The summed E-state index contributed by atoms with van der Waals surface area (Å²) in [6.45, 7) is 7.28. The molecule has 1 unspecified atom stereocenters. The zero-order chi connectivity index (χ0) is 22.5. The van der Waals surface area contributed by atoms with Crippen molar-refractivity contribution in [3.63, 3.8) is 0 Å². The van der Waals surface area contributed by atoms with Gasteiger partial charge in [-0.3, -0.25) is 4.79 Å². The fraction of sp³-hybridized carbons (Fsp3) is 0.375. The Balaban J connectivity index is 1.89. The molecule has 0 N–H and O–H groups in total. The number of nitrogens with zero attached hydrogens (tertiary/aromatic N) is 2. The summed E-state index contributed by atoms with van der Waals surface area (Å²) in [5.74, 6) is -0.0300. The van der Waals surface area contributed by atoms with Crippen molar-refractivity contribution in [2.24, 2.45) is 13.0 Å². The van der Waals surface area contributed by atoms with Crippen LogP contribution in [0, 0.1) is 25.6 Å². The maximum absolute atomic E-state index is 15.1. The summed E-state index contributed by atoms with van der Waals surface area (Å²) in [5, 5.41) is 0.0688. The van der Waals surface area contributed by atoms with Gasteiger partial charge < -0.3 is 9.47 Å². The SMILES string of the molecule is Cc1cc(C)cc(S(=O)(=O)c2cn(C)c3cc(N4CCCC(C)C4)c(F)cc3c2=O)c1. The van der Waals surface area contributed by atoms with Crippen molar-refractivity contribution in [2.75, 3.05) is 18.0 Å². The lowest BCUT2D eigenvalue weighted by atomic mass is 9.99. The van der Waals surface area contributed by atoms with Crippen LogP contribution in [-0.4, -0.2) is 26.1 Å². The van der Waals surface area contributed by atoms with Crippen LogP contribution in [0.15, 0.2) is 51.1 Å². The molecule has 0 amide bonds. The molecular weight excluding hydrogens is 415 g/mol. The predicted octanol–water partition coefficient (Wildman–Crippen LogP) is 4.36. The number of fused-ring (bicyclic) bond motifs is 1. The van der Waals surface area contributed by atoms with Crippen molar-refractivity contribution in [3.05, 3.63) is 63.7 Å². The first kappa shape index (κ1) is 21.6. The van der Waals surface area contributed by atoms with E-state index in [0.717, 1.165) is 37.1 Å². The van der Waals surface area contributed by atoms with E-state index in [9.17, 15) is 13.2 Å². The molecular formula is C24H27FN2O3S. The van der Waals surface area contributed by atoms with E-state index in [1.54, 1.807) is 29.8 Å². The summed E-state index contributed by atoms with van der Waals surface area (Å²) in [6.07, 6.45) is 3.45. The fourth-order valence-electron chi connectivity index (χ4n) is 4.52. The molecule has 1 aliphatic heterocycles. The molecule has 164 valence electrons. The van der Waals surface area contributed by atoms with Crippen molar-refractivity contribution in [1.29, 1.82) is 0 Å². The van der Waals surface area contributed by atoms with Gasteiger partial charge in [-0.15, -0.1) is 0 Å². The Morgan fingerprint density at radius 2 is 1.74 bits per heavy atom. The Hall–Kier alpha value is -2.67. The van der Waals surface area contributed by atoms with Crippen LogP contribution in [0.1, 0.15) is 30.9 Å². The number of piperidine rings is 1. The molecule has 31 heavy (non-hydrogen) atoms. The first-order chi connectivity index (χ1) is 14.6. The molecule has 1 fully saturated rings. The standard InChI is InChI=1S/C24H27FN2O3S/c1-15-6-5-7-27(13-15)22-12-21-19(11-20(22)25)24(28)23(14-26(21)4)31(29,30)18-9-16(2)8-17(3)10-18/h8-12,14-15H,5-7,13H2,1-4H3. The molecule has 7 heteroatoms. The van der Waals surface area contributed by atoms with Crippen LogP contribution < -0.4 is 10.3 Å². The highest BCUT2D eigenvalue weighted by Crippen LogP contribution is 2.30. The number of hydrogen-bond acceptors (Lipinski definition) is 4. The summed E-state index contributed by atoms with van der Waals surface area (Å²) >= 11 is 0. The first-order valence-electron chi connectivity index (χ1n) is 10.5. The van der Waals surface area contributed by atoms with Gasteiger partial charge in [0.05, 0.1) is 21.5 Å². The van der Waals surface area contributed by atoms with E-state index < -0.39 is 21.1 Å². The van der Waals surface area contributed by atoms with Gasteiger partial charge in [0.2, 0.25) is 15.3 Å². The van der Waals surface area contributed by atoms with E-state index in [2.05, 4.69) is 6.92 Å². The minimum absolute atomic E-state index is 0.0688. The average molecular weight is 443 g/mol. The zero-order valence-corrected chi connectivity index (χ0v) is 19.1. The van der Waals surface area contributed by atoms with Gasteiger partial charge in [0, 0.05) is 26.3 Å². The third-order valence-corrected chi connectivity index (χ3v) is 7.74. The van der Waals surface area contributed by atoms with Gasteiger partial charge in [-0.2, -0.15) is 0 Å². The van der Waals surface area contributed by atoms with Crippen molar-refractivity contribution in [3.8, 4) is 0 Å². The van der Waals surface area contributed by atoms with Crippen molar-refractivity contribution in [1.82, 2.24) is 4.57 Å². The van der Waals surface area contributed by atoms with Crippen molar-refractivity contribution in [2.45, 2.75) is 43.4 Å². The highest BCUT2D eigenvalue weighted by Gasteiger charge is 2.26. The maximum atomic E-state index is 15.1. The third kappa shape index (κ3) is 3.87. The number of aromatic nitrogens is 1. The first-order valence-corrected chi connectivity index (χ1v) is 12.0. The predicted molar refractivity (Wildman–Crippen MR) is 121 cm³/mol. The molecule has 1 aliphatic rings. The lowest BCUT2D eigenvalue weighted by Crippen LogP contribution is -2.35. The monoisotopic (exact) mass is 442 g/mol. The van der Waals surface area contributed by atoms with Gasteiger partial charge in [0.15, 0.2) is 0 Å². The quantitative estimate of drug-likeness (QED) is 0.605. The second kappa shape index (κ2) is 7.79. The third-order valence-electron chi connectivity index (χ3n) is 6.02. The van der Waals surface area contributed by atoms with Crippen LogP contribution in [0.4, 0.5) is 10.1 Å². The zero-order valence-electron chi connectivity index (χ0n) is 18.3. The summed E-state index contributed by atoms with van der Waals surface area (Å²) in [4.78, 5) is 14.9. The molecule has 5 nitrogen and oxygen atoms in total. The number of pyridine rings is 1. The molecule has 0 saturated carbocycles. The lowest BCUT2D eigenvalue weighted by molar-refractivity contribution is 0.442. The van der Waals surface area contributed by atoms with E-state index in [1.807, 2.05) is 24.8 Å². The Bertz CT molecular complexity index is 1320. The molecule has 0 spiro atoms. The molecule has 0 bridgehead atoms. The van der Waals surface area contributed by atoms with Crippen LogP contribution in [-0.2, 0) is 16.9 Å². The van der Waals surface area contributed by atoms with Crippen LogP contribution in [0.3, 0.4) is 0 Å². The van der Waals surface area contributed by atoms with Gasteiger partial charge in [-0.25, -0.2) is 12.8 Å². The van der Waals surface area contributed by atoms with Gasteiger partial charge in [-0.05, 0) is 68.0 Å². The van der Waals surface area contributed by atoms with Crippen LogP contribution in [0.5, 0.6) is 0 Å². The molecule has 0 aliphatic carbocycles. The number of aryl methyl sites for hydroxylation is 3. The van der Waals surface area contributed by atoms with E-state index >= 15 is 4.39 Å². The van der Waals surface area contributed by atoms with Crippen LogP contribution in [0.25, 0.3) is 10.9 Å². The highest BCUT2D eigenvalue weighted by atomic mass is 32.2. The molecule has 2 aromatic carbocycles. The maximum Gasteiger partial charge on any atom is 0.211 e. The normalized spacial score (nSPS) is 17.3. The lowest BCUT2D eigenvalue weighted by Gasteiger charge is -2.33. The number of sulfone groups is 1. The van der Waals surface area contributed by atoms with Crippen molar-refractivity contribution < 1.29 is 12.8 Å². The number of anilines is 1. The molecule has 0 radical (unpaired) electrons. The van der Waals surface area contributed by atoms with Crippen LogP contribution >= 0.6 is 0 Å². The molecule has 1 atom stereocenters. The van der Waals surface area contributed by atoms with Gasteiger partial charge in [0.1, 0.15) is 10.7 Å². The molecule has 4 rings (SSSR count). The molecule has 3 aromatic rings. The minimum Gasteiger partial charge on any atom is -0.369 e. The number of hydrogen-bond donors (Lipinski definition) is 0. The summed E-state index contributed by atoms with van der Waals surface area (Å²) in [7, 11) is -2.36. The topological polar surface area (TPSA) is 59.4 Å². The van der Waals surface area contributed by atoms with Gasteiger partial charge >= 0.3 is 0 Å². The van der Waals surface area contributed by atoms with Crippen molar-refractivity contribution >= 4 is 26.4 Å². The molecule has 1 saturated heterocycles. The number of halogens is 1. The van der Waals surface area contributed by atoms with Gasteiger partial charge in [-0.1, -0.05) is 13.0 Å². The second-order valence-electron chi connectivity index (χ2n) is 8.77. The second-order valence-corrected chi connectivity index (χ2v) is 10.7. The van der Waals surface area contributed by atoms with Crippen LogP contribution in [0.2, 0.25) is 0 Å². The fourth-order valence-corrected chi connectivity index (χ4v) is 6.11. The van der Waals surface area contributed by atoms with E-state index in [-0.39, 0.29) is 15.2 Å². The summed E-state index contributed by atoms with van der Waals surface area (Å²) in [6, 6.07) is 7.82. The average Bonchev–Trinajstić information content (AvgIpc) is 2.69. The Kier molecular flexibility index (Phi) is 5.41. The van der Waals surface area contributed by atoms with E-state index in [4.69, 9.17) is 0 Å². The number of rotatable bonds is 3. The largest absolute Gasteiger partial charge is 0.369 e.